The van der Waals surface area contributed by atoms with Gasteiger partial charge in [0.25, 0.3) is 11.6 Å². The van der Waals surface area contributed by atoms with E-state index in [0.29, 0.717) is 6.42 Å². The van der Waals surface area contributed by atoms with Crippen LogP contribution in [0.3, 0.4) is 0 Å². The van der Waals surface area contributed by atoms with E-state index in [2.05, 4.69) is 6.92 Å². The fourth-order valence-corrected chi connectivity index (χ4v) is 1.82. The first-order valence-electron chi connectivity index (χ1n) is 7.13. The molecule has 0 saturated carbocycles. The van der Waals surface area contributed by atoms with Gasteiger partial charge in [-0.3, -0.25) is 19.2 Å². The summed E-state index contributed by atoms with van der Waals surface area (Å²) in [7, 11) is 0. The Morgan fingerprint density at radius 1 is 0.684 bits per heavy atom. The highest BCUT2D eigenvalue weighted by molar-refractivity contribution is 6.77. The van der Waals surface area contributed by atoms with Crippen LogP contribution < -0.4 is 0 Å². The van der Waals surface area contributed by atoms with E-state index >= 15 is 0 Å². The van der Waals surface area contributed by atoms with Crippen LogP contribution in [-0.2, 0) is 19.2 Å². The summed E-state index contributed by atoms with van der Waals surface area (Å²) in [5.74, 6) is -3.94. The van der Waals surface area contributed by atoms with Gasteiger partial charge in [-0.2, -0.15) is 0 Å². The lowest BCUT2D eigenvalue weighted by Gasteiger charge is -2.01. The molecule has 0 aromatic heterocycles. The minimum atomic E-state index is -1.19. The topological polar surface area (TPSA) is 68.3 Å². The summed E-state index contributed by atoms with van der Waals surface area (Å²) in [6, 6.07) is 0. The molecule has 0 heterocycles. The largest absolute Gasteiger partial charge is 0.291 e. The molecule has 108 valence electrons. The minimum absolute atomic E-state index is 0.0762. The second-order valence-electron chi connectivity index (χ2n) is 4.86. The first-order valence-corrected chi connectivity index (χ1v) is 7.13. The second kappa shape index (κ2) is 10.6. The van der Waals surface area contributed by atoms with E-state index < -0.39 is 23.1 Å². The Morgan fingerprint density at radius 3 is 1.63 bits per heavy atom. The average molecular weight is 268 g/mol. The molecule has 0 N–H and O–H groups in total. The Hall–Kier alpha value is -1.32. The zero-order valence-corrected chi connectivity index (χ0v) is 12.0. The Kier molecular flexibility index (Phi) is 9.85. The van der Waals surface area contributed by atoms with E-state index in [4.69, 9.17) is 0 Å². The monoisotopic (exact) mass is 268 g/mol. The van der Waals surface area contributed by atoms with Gasteiger partial charge in [-0.25, -0.2) is 0 Å². The first-order chi connectivity index (χ1) is 9.00. The van der Waals surface area contributed by atoms with Crippen molar-refractivity contribution in [1.82, 2.24) is 0 Å². The van der Waals surface area contributed by atoms with Gasteiger partial charge in [0, 0.05) is 13.3 Å². The third kappa shape index (κ3) is 8.41. The molecule has 19 heavy (non-hydrogen) atoms. The molecule has 0 aliphatic heterocycles. The number of hydrogen-bond acceptors (Lipinski definition) is 4. The van der Waals surface area contributed by atoms with E-state index in [9.17, 15) is 19.2 Å². The molecule has 0 radical (unpaired) electrons. The van der Waals surface area contributed by atoms with Gasteiger partial charge in [-0.15, -0.1) is 0 Å². The molecule has 0 amide bonds. The molecule has 0 aromatic carbocycles. The van der Waals surface area contributed by atoms with Crippen LogP contribution in [-0.4, -0.2) is 23.1 Å². The molecular weight excluding hydrogens is 244 g/mol. The van der Waals surface area contributed by atoms with Crippen molar-refractivity contribution in [3.05, 3.63) is 0 Å². The van der Waals surface area contributed by atoms with Gasteiger partial charge < -0.3 is 0 Å². The van der Waals surface area contributed by atoms with Crippen molar-refractivity contribution in [2.24, 2.45) is 0 Å². The van der Waals surface area contributed by atoms with Crippen LogP contribution in [0.1, 0.15) is 71.6 Å². The van der Waals surface area contributed by atoms with Crippen molar-refractivity contribution in [2.45, 2.75) is 71.6 Å². The van der Waals surface area contributed by atoms with E-state index in [1.165, 1.54) is 25.7 Å². The van der Waals surface area contributed by atoms with Crippen LogP contribution in [0.25, 0.3) is 0 Å². The lowest BCUT2D eigenvalue weighted by atomic mass is 10.0. The summed E-state index contributed by atoms with van der Waals surface area (Å²) >= 11 is 0. The van der Waals surface area contributed by atoms with Crippen LogP contribution >= 0.6 is 0 Å². The molecule has 0 atom stereocenters. The molecule has 0 saturated heterocycles. The number of hydrogen-bond donors (Lipinski definition) is 0. The average Bonchev–Trinajstić information content (AvgIpc) is 2.39. The van der Waals surface area contributed by atoms with Crippen LogP contribution in [0.15, 0.2) is 0 Å². The predicted octanol–water partition coefficient (Wildman–Crippen LogP) is 2.81. The third-order valence-electron chi connectivity index (χ3n) is 3.04. The molecule has 0 aromatic rings. The smallest absolute Gasteiger partial charge is 0.272 e. The molecule has 4 nitrogen and oxygen atoms in total. The fourth-order valence-electron chi connectivity index (χ4n) is 1.82. The van der Waals surface area contributed by atoms with E-state index in [1.807, 2.05) is 0 Å². The van der Waals surface area contributed by atoms with Crippen molar-refractivity contribution in [3.63, 3.8) is 0 Å². The van der Waals surface area contributed by atoms with Crippen LogP contribution in [0, 0.1) is 0 Å². The highest BCUT2D eigenvalue weighted by Crippen LogP contribution is 2.09. The molecule has 0 aliphatic carbocycles. The van der Waals surface area contributed by atoms with Crippen molar-refractivity contribution in [3.8, 4) is 0 Å². The van der Waals surface area contributed by atoms with Crippen molar-refractivity contribution in [1.29, 1.82) is 0 Å². The summed E-state index contributed by atoms with van der Waals surface area (Å²) in [5.41, 5.74) is 0. The maximum Gasteiger partial charge on any atom is 0.272 e. The Bertz CT molecular complexity index is 331. The van der Waals surface area contributed by atoms with E-state index in [-0.39, 0.29) is 6.42 Å². The molecule has 0 aliphatic rings. The van der Waals surface area contributed by atoms with Crippen molar-refractivity contribution < 1.29 is 19.2 Å². The van der Waals surface area contributed by atoms with E-state index in [0.717, 1.165) is 26.2 Å². The summed E-state index contributed by atoms with van der Waals surface area (Å²) in [6.07, 6.45) is 8.72. The molecule has 0 unspecified atom stereocenters. The molecule has 0 rings (SSSR count). The minimum Gasteiger partial charge on any atom is -0.291 e. The third-order valence-corrected chi connectivity index (χ3v) is 3.04. The Labute approximate surface area is 114 Å². The summed E-state index contributed by atoms with van der Waals surface area (Å²) < 4.78 is 0. The second-order valence-corrected chi connectivity index (χ2v) is 4.86. The van der Waals surface area contributed by atoms with Gasteiger partial charge >= 0.3 is 0 Å². The van der Waals surface area contributed by atoms with Gasteiger partial charge in [0.1, 0.15) is 0 Å². The van der Waals surface area contributed by atoms with Gasteiger partial charge in [0.05, 0.1) is 0 Å². The summed E-state index contributed by atoms with van der Waals surface area (Å²) in [4.78, 5) is 44.2. The number of unbranched alkanes of at least 4 members (excludes halogenated alkanes) is 7. The SMILES string of the molecule is CCCCCCCCCCC(=O)C(=O)C(=O)C(C)=O. The van der Waals surface area contributed by atoms with Gasteiger partial charge in [-0.05, 0) is 6.42 Å². The predicted molar refractivity (Wildman–Crippen MR) is 72.9 cm³/mol. The number of Topliss-reactive ketones (excluding diaryl/α,β-unsaturated/α-hetero) is 4. The number of carbonyl (C=O) groups excluding carboxylic acids is 4. The fraction of sp³-hybridized carbons (Fsp3) is 0.733. The molecule has 0 bridgehead atoms. The summed E-state index contributed by atoms with van der Waals surface area (Å²) in [5, 5.41) is 0. The van der Waals surface area contributed by atoms with E-state index in [1.54, 1.807) is 0 Å². The highest BCUT2D eigenvalue weighted by atomic mass is 16.2. The molecule has 4 heteroatoms. The zero-order valence-electron chi connectivity index (χ0n) is 12.0. The maximum atomic E-state index is 11.3. The molecule has 0 fully saturated rings. The van der Waals surface area contributed by atoms with Gasteiger partial charge in [-0.1, -0.05) is 51.9 Å². The lowest BCUT2D eigenvalue weighted by Crippen LogP contribution is -2.28. The number of carbonyl (C=O) groups is 4. The van der Waals surface area contributed by atoms with Crippen LogP contribution in [0.2, 0.25) is 0 Å². The van der Waals surface area contributed by atoms with Crippen LogP contribution in [0.5, 0.6) is 0 Å². The number of ketones is 4. The maximum absolute atomic E-state index is 11.3. The van der Waals surface area contributed by atoms with Crippen molar-refractivity contribution in [2.75, 3.05) is 0 Å². The number of rotatable bonds is 12. The Balaban J connectivity index is 3.61. The van der Waals surface area contributed by atoms with Gasteiger partial charge in [0.15, 0.2) is 0 Å². The molecule has 0 spiro atoms. The standard InChI is InChI=1S/C15H24O4/c1-3-4-5-6-7-8-9-10-11-13(17)15(19)14(18)12(2)16/h3-11H2,1-2H3. The lowest BCUT2D eigenvalue weighted by molar-refractivity contribution is -0.147. The Morgan fingerprint density at radius 2 is 1.16 bits per heavy atom. The zero-order chi connectivity index (χ0) is 14.7. The van der Waals surface area contributed by atoms with Crippen molar-refractivity contribution >= 4 is 23.1 Å². The normalized spacial score (nSPS) is 10.2. The first kappa shape index (κ1) is 17.7. The summed E-state index contributed by atoms with van der Waals surface area (Å²) in [6.45, 7) is 3.18. The molecular formula is C15H24O4. The van der Waals surface area contributed by atoms with Gasteiger partial charge in [0.2, 0.25) is 11.6 Å². The highest BCUT2D eigenvalue weighted by Gasteiger charge is 2.25. The quantitative estimate of drug-likeness (QED) is 0.310. The van der Waals surface area contributed by atoms with Crippen LogP contribution in [0.4, 0.5) is 0 Å².